The molecule has 5 aromatic rings. The average molecular weight is 643 g/mol. The topological polar surface area (TPSA) is 124 Å². The van der Waals surface area contributed by atoms with Crippen molar-refractivity contribution in [3.8, 4) is 0 Å². The van der Waals surface area contributed by atoms with Crippen LogP contribution in [0.2, 0.25) is 5.02 Å². The van der Waals surface area contributed by atoms with Crippen LogP contribution in [0.3, 0.4) is 0 Å². The molecule has 2 fully saturated rings. The Bertz CT molecular complexity index is 1710. The quantitative estimate of drug-likeness (QED) is 0.191. The molecule has 0 saturated carbocycles. The van der Waals surface area contributed by atoms with Crippen LogP contribution in [-0.4, -0.2) is 78.7 Å². The third kappa shape index (κ3) is 7.01. The number of likely N-dealkylation sites (tertiary alicyclic amines) is 1. The molecule has 2 aromatic carbocycles. The highest BCUT2D eigenvalue weighted by Gasteiger charge is 2.36. The van der Waals surface area contributed by atoms with E-state index in [-0.39, 0.29) is 18.5 Å². The number of carboxylic acid groups (broad SMARTS) is 1. The Labute approximate surface area is 273 Å². The molecular formula is C34H39ClN8O3. The van der Waals surface area contributed by atoms with E-state index >= 15 is 0 Å². The van der Waals surface area contributed by atoms with E-state index in [9.17, 15) is 5.11 Å². The molecule has 7 rings (SSSR count). The Kier molecular flexibility index (Phi) is 9.82. The van der Waals surface area contributed by atoms with Crippen LogP contribution in [0.1, 0.15) is 42.9 Å². The van der Waals surface area contributed by atoms with Gasteiger partial charge in [-0.05, 0) is 61.1 Å². The number of aliphatic hydroxyl groups excluding tert-OH is 1. The lowest BCUT2D eigenvalue weighted by atomic mass is 9.73. The standard InChI is InChI=1S/C33H37ClN8O.CH2O2/c34-27-10-8-26(9-11-27)33(24-43)14-19-40(20-15-33)30-7-4-16-41-31(30)37-32(38-41)36-28-21-35-42(23-28)29-12-17-39(18-13-29)22-25-5-2-1-3-6-25;2-1-3/h1-11,16,21,23,29,43H,12-15,17-20,22,24H2,(H,36,38);1H,(H,2,3). The van der Waals surface area contributed by atoms with Gasteiger partial charge in [0.15, 0.2) is 5.65 Å². The number of carbonyl (C=O) groups is 1. The van der Waals surface area contributed by atoms with E-state index in [2.05, 4.69) is 67.5 Å². The van der Waals surface area contributed by atoms with Gasteiger partial charge in [-0.25, -0.2) is 4.52 Å². The minimum absolute atomic E-state index is 0.117. The van der Waals surface area contributed by atoms with Gasteiger partial charge in [-0.3, -0.25) is 14.4 Å². The molecule has 0 atom stereocenters. The molecule has 0 bridgehead atoms. The molecule has 2 aliphatic rings. The first-order chi connectivity index (χ1) is 22.5. The number of piperidine rings is 2. The second kappa shape index (κ2) is 14.3. The van der Waals surface area contributed by atoms with Gasteiger partial charge < -0.3 is 20.4 Å². The molecule has 3 N–H and O–H groups in total. The molecule has 0 spiro atoms. The van der Waals surface area contributed by atoms with E-state index < -0.39 is 0 Å². The average Bonchev–Trinajstić information content (AvgIpc) is 3.73. The lowest BCUT2D eigenvalue weighted by Gasteiger charge is -2.42. The summed E-state index contributed by atoms with van der Waals surface area (Å²) in [5, 5.41) is 30.8. The summed E-state index contributed by atoms with van der Waals surface area (Å²) in [5.74, 6) is 0.549. The van der Waals surface area contributed by atoms with Gasteiger partial charge >= 0.3 is 0 Å². The molecule has 2 saturated heterocycles. The van der Waals surface area contributed by atoms with Crippen LogP contribution >= 0.6 is 11.6 Å². The normalized spacial score (nSPS) is 17.0. The second-order valence-electron chi connectivity index (χ2n) is 12.0. The number of pyridine rings is 1. The minimum Gasteiger partial charge on any atom is -0.483 e. The lowest BCUT2D eigenvalue weighted by molar-refractivity contribution is -0.122. The van der Waals surface area contributed by atoms with Gasteiger partial charge in [0.05, 0.1) is 30.2 Å². The summed E-state index contributed by atoms with van der Waals surface area (Å²) in [5.41, 5.74) is 4.99. The van der Waals surface area contributed by atoms with Gasteiger partial charge in [-0.1, -0.05) is 54.1 Å². The van der Waals surface area contributed by atoms with Gasteiger partial charge in [-0.2, -0.15) is 10.1 Å². The highest BCUT2D eigenvalue weighted by atomic mass is 35.5. The van der Waals surface area contributed by atoms with Crippen molar-refractivity contribution >= 4 is 41.0 Å². The van der Waals surface area contributed by atoms with E-state index in [1.54, 1.807) is 0 Å². The first-order valence-corrected chi connectivity index (χ1v) is 16.0. The summed E-state index contributed by atoms with van der Waals surface area (Å²) >= 11 is 6.12. The van der Waals surface area contributed by atoms with Crippen LogP contribution in [0.15, 0.2) is 85.3 Å². The van der Waals surface area contributed by atoms with Crippen LogP contribution in [0.4, 0.5) is 17.3 Å². The highest BCUT2D eigenvalue weighted by molar-refractivity contribution is 6.30. The smallest absolute Gasteiger partial charge is 0.290 e. The largest absolute Gasteiger partial charge is 0.483 e. The third-order valence-corrected chi connectivity index (χ3v) is 9.45. The fourth-order valence-electron chi connectivity index (χ4n) is 6.62. The summed E-state index contributed by atoms with van der Waals surface area (Å²) < 4.78 is 3.92. The molecule has 240 valence electrons. The SMILES string of the molecule is O=CO.OCC1(c2ccc(Cl)cc2)CCN(c2cccn3nc(Nc4cnn(C5CCN(Cc6ccccc6)CC5)c4)nc23)CC1. The second-order valence-corrected chi connectivity index (χ2v) is 12.4. The van der Waals surface area contributed by atoms with Crippen molar-refractivity contribution < 1.29 is 15.0 Å². The van der Waals surface area contributed by atoms with Gasteiger partial charge in [0, 0.05) is 55.6 Å². The van der Waals surface area contributed by atoms with Crippen molar-refractivity contribution in [3.05, 3.63) is 101 Å². The Morgan fingerprint density at radius 3 is 2.39 bits per heavy atom. The van der Waals surface area contributed by atoms with Gasteiger partial charge in [-0.15, -0.1) is 5.10 Å². The zero-order valence-electron chi connectivity index (χ0n) is 25.6. The maximum absolute atomic E-state index is 10.4. The van der Waals surface area contributed by atoms with E-state index in [1.165, 1.54) is 5.56 Å². The van der Waals surface area contributed by atoms with Gasteiger partial charge in [0.1, 0.15) is 0 Å². The molecule has 0 aliphatic carbocycles. The van der Waals surface area contributed by atoms with Crippen molar-refractivity contribution in [3.63, 3.8) is 0 Å². The maximum Gasteiger partial charge on any atom is 0.290 e. The van der Waals surface area contributed by atoms with Crippen molar-refractivity contribution in [2.24, 2.45) is 0 Å². The molecule has 0 unspecified atom stereocenters. The highest BCUT2D eigenvalue weighted by Crippen LogP contribution is 2.38. The van der Waals surface area contributed by atoms with E-state index in [4.69, 9.17) is 31.6 Å². The number of hydrogen-bond donors (Lipinski definition) is 3. The minimum atomic E-state index is -0.259. The van der Waals surface area contributed by atoms with E-state index in [1.807, 2.05) is 47.2 Å². The number of rotatable bonds is 8. The molecule has 3 aromatic heterocycles. The Hall–Kier alpha value is -4.45. The summed E-state index contributed by atoms with van der Waals surface area (Å²) in [6.07, 6.45) is 9.70. The molecule has 12 heteroatoms. The summed E-state index contributed by atoms with van der Waals surface area (Å²) in [4.78, 5) is 18.1. The van der Waals surface area contributed by atoms with Crippen LogP contribution in [0, 0.1) is 0 Å². The Morgan fingerprint density at radius 1 is 0.978 bits per heavy atom. The van der Waals surface area contributed by atoms with Crippen LogP contribution in [0.5, 0.6) is 0 Å². The number of nitrogens with one attached hydrogen (secondary N) is 1. The number of anilines is 3. The Morgan fingerprint density at radius 2 is 1.70 bits per heavy atom. The van der Waals surface area contributed by atoms with Crippen LogP contribution < -0.4 is 10.2 Å². The van der Waals surface area contributed by atoms with Gasteiger partial charge in [0.25, 0.3) is 6.47 Å². The van der Waals surface area contributed by atoms with E-state index in [0.717, 1.165) is 81.0 Å². The van der Waals surface area contributed by atoms with Crippen molar-refractivity contribution in [1.82, 2.24) is 29.3 Å². The number of aromatic nitrogens is 5. The zero-order valence-corrected chi connectivity index (χ0v) is 26.4. The Balaban J connectivity index is 0.00000119. The predicted molar refractivity (Wildman–Crippen MR) is 179 cm³/mol. The maximum atomic E-state index is 10.4. The summed E-state index contributed by atoms with van der Waals surface area (Å²) in [7, 11) is 0. The summed E-state index contributed by atoms with van der Waals surface area (Å²) in [6.45, 7) is 4.63. The molecular weight excluding hydrogens is 604 g/mol. The van der Waals surface area contributed by atoms with E-state index in [0.29, 0.717) is 17.0 Å². The van der Waals surface area contributed by atoms with Crippen LogP contribution in [0.25, 0.3) is 5.65 Å². The van der Waals surface area contributed by atoms with Gasteiger partial charge in [0.2, 0.25) is 5.95 Å². The lowest BCUT2D eigenvalue weighted by Crippen LogP contribution is -2.45. The summed E-state index contributed by atoms with van der Waals surface area (Å²) in [6, 6.07) is 23.1. The fraction of sp³-hybridized carbons (Fsp3) is 0.353. The first-order valence-electron chi connectivity index (χ1n) is 15.6. The number of benzene rings is 2. The van der Waals surface area contributed by atoms with Crippen molar-refractivity contribution in [2.45, 2.75) is 43.7 Å². The molecule has 0 amide bonds. The zero-order chi connectivity index (χ0) is 31.9. The molecule has 46 heavy (non-hydrogen) atoms. The monoisotopic (exact) mass is 642 g/mol. The number of nitrogens with zero attached hydrogens (tertiary/aromatic N) is 7. The molecule has 2 aliphatic heterocycles. The molecule has 0 radical (unpaired) electrons. The van der Waals surface area contributed by atoms with Crippen molar-refractivity contribution in [1.29, 1.82) is 0 Å². The van der Waals surface area contributed by atoms with Crippen molar-refractivity contribution in [2.75, 3.05) is 43.0 Å². The number of aliphatic hydroxyl groups is 1. The number of halogens is 1. The molecule has 5 heterocycles. The number of fused-ring (bicyclic) bond motifs is 1. The fourth-order valence-corrected chi connectivity index (χ4v) is 6.75. The third-order valence-electron chi connectivity index (χ3n) is 9.20. The predicted octanol–water partition coefficient (Wildman–Crippen LogP) is 5.39. The number of hydrogen-bond acceptors (Lipinski definition) is 8. The molecule has 11 nitrogen and oxygen atoms in total. The van der Waals surface area contributed by atoms with Crippen LogP contribution in [-0.2, 0) is 16.8 Å². The first kappa shape index (κ1) is 31.5.